The van der Waals surface area contributed by atoms with Crippen molar-refractivity contribution in [3.63, 3.8) is 0 Å². The van der Waals surface area contributed by atoms with Crippen LogP contribution in [0.1, 0.15) is 17.4 Å². The van der Waals surface area contributed by atoms with Crippen LogP contribution in [0.2, 0.25) is 0 Å². The molecule has 1 unspecified atom stereocenters. The van der Waals surface area contributed by atoms with Crippen LogP contribution in [0.3, 0.4) is 0 Å². The van der Waals surface area contributed by atoms with Crippen LogP contribution in [-0.2, 0) is 0 Å². The van der Waals surface area contributed by atoms with Gasteiger partial charge in [-0.25, -0.2) is 0 Å². The third-order valence-electron chi connectivity index (χ3n) is 3.29. The number of aliphatic hydroxyl groups excluding tert-OH is 1. The van der Waals surface area contributed by atoms with E-state index in [1.54, 1.807) is 11.8 Å². The highest BCUT2D eigenvalue weighted by Crippen LogP contribution is 2.30. The molecule has 108 valence electrons. The fourth-order valence-corrected chi connectivity index (χ4v) is 3.66. The molecule has 0 aliphatic rings. The minimum Gasteiger partial charge on any atom is -0.458 e. The number of furan rings is 1. The predicted octanol–water partition coefficient (Wildman–Crippen LogP) is 5.33. The van der Waals surface area contributed by atoms with Crippen LogP contribution >= 0.6 is 27.7 Å². The van der Waals surface area contributed by atoms with Crippen molar-refractivity contribution in [3.8, 4) is 0 Å². The Balaban J connectivity index is 1.75. The second-order valence-corrected chi connectivity index (χ2v) is 6.94. The standard InChI is InChI=1S/C17H15BrO2S/c1-11-4-2-5-12-8-16(20-17(11)12)15(19)10-21-14-7-3-6-13(18)9-14/h2-9,15,19H,10H2,1H3. The number of halogens is 1. The molecule has 0 spiro atoms. The zero-order valence-electron chi connectivity index (χ0n) is 11.5. The highest BCUT2D eigenvalue weighted by Gasteiger charge is 2.14. The van der Waals surface area contributed by atoms with Gasteiger partial charge in [0.1, 0.15) is 17.4 Å². The Morgan fingerprint density at radius 1 is 1.19 bits per heavy atom. The Kier molecular flexibility index (Phi) is 4.38. The first kappa shape index (κ1) is 14.7. The number of hydrogen-bond donors (Lipinski definition) is 1. The van der Waals surface area contributed by atoms with Crippen molar-refractivity contribution in [3.05, 3.63) is 64.3 Å². The van der Waals surface area contributed by atoms with E-state index in [-0.39, 0.29) is 0 Å². The van der Waals surface area contributed by atoms with Gasteiger partial charge in [-0.3, -0.25) is 0 Å². The molecule has 2 aromatic carbocycles. The fraction of sp³-hybridized carbons (Fsp3) is 0.176. The van der Waals surface area contributed by atoms with Gasteiger partial charge in [-0.2, -0.15) is 0 Å². The van der Waals surface area contributed by atoms with Crippen LogP contribution in [0.15, 0.2) is 62.3 Å². The van der Waals surface area contributed by atoms with Gasteiger partial charge in [0.15, 0.2) is 0 Å². The monoisotopic (exact) mass is 362 g/mol. The Hall–Kier alpha value is -1.23. The van der Waals surface area contributed by atoms with Gasteiger partial charge in [0.05, 0.1) is 0 Å². The van der Waals surface area contributed by atoms with Gasteiger partial charge in [0.2, 0.25) is 0 Å². The zero-order valence-corrected chi connectivity index (χ0v) is 13.9. The number of para-hydroxylation sites is 1. The van der Waals surface area contributed by atoms with E-state index in [1.165, 1.54) is 0 Å². The molecule has 1 aromatic heterocycles. The molecule has 21 heavy (non-hydrogen) atoms. The van der Waals surface area contributed by atoms with Crippen LogP contribution in [0.25, 0.3) is 11.0 Å². The van der Waals surface area contributed by atoms with Crippen molar-refractivity contribution in [1.29, 1.82) is 0 Å². The lowest BCUT2D eigenvalue weighted by atomic mass is 10.2. The number of fused-ring (bicyclic) bond motifs is 1. The number of aryl methyl sites for hydroxylation is 1. The summed E-state index contributed by atoms with van der Waals surface area (Å²) in [6.45, 7) is 2.01. The topological polar surface area (TPSA) is 33.4 Å². The molecule has 1 atom stereocenters. The average molecular weight is 363 g/mol. The van der Waals surface area contributed by atoms with E-state index in [4.69, 9.17) is 4.42 Å². The third kappa shape index (κ3) is 3.34. The first-order valence-corrected chi connectivity index (χ1v) is 8.47. The maximum absolute atomic E-state index is 10.3. The summed E-state index contributed by atoms with van der Waals surface area (Å²) in [7, 11) is 0. The SMILES string of the molecule is Cc1cccc2cc(C(O)CSc3cccc(Br)c3)oc12. The highest BCUT2D eigenvalue weighted by molar-refractivity contribution is 9.10. The van der Waals surface area contributed by atoms with Crippen LogP contribution in [0.4, 0.5) is 0 Å². The average Bonchev–Trinajstić information content (AvgIpc) is 2.90. The van der Waals surface area contributed by atoms with Crippen molar-refractivity contribution < 1.29 is 9.52 Å². The first-order valence-electron chi connectivity index (χ1n) is 6.69. The van der Waals surface area contributed by atoms with Crippen LogP contribution in [0.5, 0.6) is 0 Å². The molecule has 0 aliphatic heterocycles. The van der Waals surface area contributed by atoms with Gasteiger partial charge < -0.3 is 9.52 Å². The second-order valence-electron chi connectivity index (χ2n) is 4.93. The summed E-state index contributed by atoms with van der Waals surface area (Å²) in [5.74, 6) is 1.19. The molecule has 3 aromatic rings. The minimum absolute atomic E-state index is 0.565. The van der Waals surface area contributed by atoms with E-state index < -0.39 is 6.10 Å². The normalized spacial score (nSPS) is 12.7. The van der Waals surface area contributed by atoms with E-state index in [0.29, 0.717) is 11.5 Å². The van der Waals surface area contributed by atoms with Crippen LogP contribution in [0, 0.1) is 6.92 Å². The largest absolute Gasteiger partial charge is 0.458 e. The fourth-order valence-electron chi connectivity index (χ4n) is 2.21. The molecule has 3 rings (SSSR count). The van der Waals surface area contributed by atoms with E-state index in [0.717, 1.165) is 25.9 Å². The summed E-state index contributed by atoms with van der Waals surface area (Å²) in [5.41, 5.74) is 1.95. The molecular weight excluding hydrogens is 348 g/mol. The Morgan fingerprint density at radius 2 is 2.00 bits per heavy atom. The molecule has 0 saturated carbocycles. The summed E-state index contributed by atoms with van der Waals surface area (Å²) in [6.07, 6.45) is -0.610. The zero-order chi connectivity index (χ0) is 14.8. The minimum atomic E-state index is -0.610. The quantitative estimate of drug-likeness (QED) is 0.636. The number of thioether (sulfide) groups is 1. The summed E-state index contributed by atoms with van der Waals surface area (Å²) in [6, 6.07) is 16.0. The van der Waals surface area contributed by atoms with E-state index in [2.05, 4.69) is 15.9 Å². The molecule has 4 heteroatoms. The molecule has 0 saturated heterocycles. The smallest absolute Gasteiger partial charge is 0.137 e. The molecule has 0 bridgehead atoms. The van der Waals surface area contributed by atoms with Crippen molar-refractivity contribution in [2.75, 3.05) is 5.75 Å². The second kappa shape index (κ2) is 6.26. The molecular formula is C17H15BrO2S. The van der Waals surface area contributed by atoms with Crippen LogP contribution in [-0.4, -0.2) is 10.9 Å². The van der Waals surface area contributed by atoms with Gasteiger partial charge >= 0.3 is 0 Å². The number of rotatable bonds is 4. The van der Waals surface area contributed by atoms with Crippen molar-refractivity contribution >= 4 is 38.7 Å². The van der Waals surface area contributed by atoms with E-state index >= 15 is 0 Å². The predicted molar refractivity (Wildman–Crippen MR) is 90.8 cm³/mol. The molecule has 0 aliphatic carbocycles. The first-order chi connectivity index (χ1) is 10.1. The number of aliphatic hydroxyl groups is 1. The van der Waals surface area contributed by atoms with E-state index in [9.17, 15) is 5.11 Å². The van der Waals surface area contributed by atoms with Gasteiger partial charge in [0, 0.05) is 20.5 Å². The summed E-state index contributed by atoms with van der Waals surface area (Å²) in [4.78, 5) is 1.12. The Morgan fingerprint density at radius 3 is 2.76 bits per heavy atom. The van der Waals surface area contributed by atoms with Crippen LogP contribution < -0.4 is 0 Å². The molecule has 0 amide bonds. The van der Waals surface area contributed by atoms with Gasteiger partial charge in [-0.15, -0.1) is 11.8 Å². The number of hydrogen-bond acceptors (Lipinski definition) is 3. The van der Waals surface area contributed by atoms with Gasteiger partial charge in [-0.1, -0.05) is 40.2 Å². The summed E-state index contributed by atoms with van der Waals surface area (Å²) in [5, 5.41) is 11.4. The van der Waals surface area contributed by atoms with Gasteiger partial charge in [-0.05, 0) is 36.8 Å². The van der Waals surface area contributed by atoms with Crippen molar-refractivity contribution in [2.45, 2.75) is 17.9 Å². The molecule has 0 radical (unpaired) electrons. The van der Waals surface area contributed by atoms with Crippen molar-refractivity contribution in [1.82, 2.24) is 0 Å². The molecule has 0 fully saturated rings. The van der Waals surface area contributed by atoms with E-state index in [1.807, 2.05) is 55.5 Å². The number of benzene rings is 2. The summed E-state index contributed by atoms with van der Waals surface area (Å²) < 4.78 is 6.84. The highest BCUT2D eigenvalue weighted by atomic mass is 79.9. The Bertz CT molecular complexity index is 766. The lowest BCUT2D eigenvalue weighted by Crippen LogP contribution is -1.98. The lowest BCUT2D eigenvalue weighted by molar-refractivity contribution is 0.176. The molecule has 1 heterocycles. The maximum atomic E-state index is 10.3. The Labute approximate surface area is 136 Å². The third-order valence-corrected chi connectivity index (χ3v) is 4.86. The molecule has 1 N–H and O–H groups in total. The van der Waals surface area contributed by atoms with Gasteiger partial charge in [0.25, 0.3) is 0 Å². The lowest BCUT2D eigenvalue weighted by Gasteiger charge is -2.07. The molecule has 2 nitrogen and oxygen atoms in total. The van der Waals surface area contributed by atoms with Crippen molar-refractivity contribution in [2.24, 2.45) is 0 Å². The maximum Gasteiger partial charge on any atom is 0.137 e. The summed E-state index contributed by atoms with van der Waals surface area (Å²) >= 11 is 5.06.